The number of rotatable bonds is 5. The van der Waals surface area contributed by atoms with Crippen LogP contribution < -0.4 is 20.7 Å². The molecule has 1 aliphatic rings. The number of carbonyl (C=O) groups is 3. The second-order valence-electron chi connectivity index (χ2n) is 7.02. The monoisotopic (exact) mass is 488 g/mol. The van der Waals surface area contributed by atoms with Gasteiger partial charge in [0.25, 0.3) is 5.91 Å². The Labute approximate surface area is 189 Å². The van der Waals surface area contributed by atoms with Crippen molar-refractivity contribution in [2.75, 3.05) is 23.7 Å². The van der Waals surface area contributed by atoms with Crippen LogP contribution in [0.4, 0.5) is 29.1 Å². The Morgan fingerprint density at radius 2 is 1.79 bits per heavy atom. The average molecular weight is 489 g/mol. The van der Waals surface area contributed by atoms with Crippen molar-refractivity contribution >= 4 is 40.9 Å². The molecule has 0 atom stereocenters. The molecule has 0 spiro atoms. The summed E-state index contributed by atoms with van der Waals surface area (Å²) in [5.41, 5.74) is -1.15. The van der Waals surface area contributed by atoms with Gasteiger partial charge in [-0.2, -0.15) is 13.2 Å². The SMILES string of the molecule is O=C(Nc1ccc(Cl)cn1)c1ccc(F)c(OC(=O)C(F)(F)F)c1NC(=O)C1CCNCC1. The molecule has 0 saturated carbocycles. The molecule has 3 rings (SSSR count). The molecule has 1 fully saturated rings. The van der Waals surface area contributed by atoms with Crippen molar-refractivity contribution in [1.82, 2.24) is 10.3 Å². The smallest absolute Gasteiger partial charge is 0.414 e. The van der Waals surface area contributed by atoms with Gasteiger partial charge in [-0.05, 0) is 50.2 Å². The zero-order chi connectivity index (χ0) is 24.2. The van der Waals surface area contributed by atoms with Crippen molar-refractivity contribution in [1.29, 1.82) is 0 Å². The summed E-state index contributed by atoms with van der Waals surface area (Å²) in [5.74, 6) is -7.45. The highest BCUT2D eigenvalue weighted by molar-refractivity contribution is 6.30. The van der Waals surface area contributed by atoms with E-state index in [1.165, 1.54) is 18.3 Å². The first-order valence-electron chi connectivity index (χ1n) is 9.62. The molecule has 3 N–H and O–H groups in total. The van der Waals surface area contributed by atoms with Gasteiger partial charge in [0, 0.05) is 12.1 Å². The number of esters is 1. The third-order valence-electron chi connectivity index (χ3n) is 4.71. The van der Waals surface area contributed by atoms with Crippen LogP contribution in [0.15, 0.2) is 30.5 Å². The number of amides is 2. The first-order chi connectivity index (χ1) is 15.6. The highest BCUT2D eigenvalue weighted by Gasteiger charge is 2.42. The van der Waals surface area contributed by atoms with Gasteiger partial charge in [-0.25, -0.2) is 14.2 Å². The van der Waals surface area contributed by atoms with Gasteiger partial charge in [0.2, 0.25) is 5.91 Å². The Hall–Kier alpha value is -3.25. The second-order valence-corrected chi connectivity index (χ2v) is 7.45. The van der Waals surface area contributed by atoms with Crippen LogP contribution in [-0.2, 0) is 9.59 Å². The number of benzene rings is 1. The number of hydrogen-bond acceptors (Lipinski definition) is 6. The van der Waals surface area contributed by atoms with E-state index in [9.17, 15) is 31.9 Å². The molecular formula is C20H17ClF4N4O4. The van der Waals surface area contributed by atoms with Gasteiger partial charge in [0.15, 0.2) is 11.6 Å². The number of alkyl halides is 3. The Balaban J connectivity index is 1.98. The van der Waals surface area contributed by atoms with E-state index >= 15 is 0 Å². The fourth-order valence-corrected chi connectivity index (χ4v) is 3.18. The van der Waals surface area contributed by atoms with Crippen molar-refractivity contribution in [3.05, 3.63) is 46.9 Å². The minimum Gasteiger partial charge on any atom is -0.414 e. The molecule has 1 saturated heterocycles. The highest BCUT2D eigenvalue weighted by atomic mass is 35.5. The van der Waals surface area contributed by atoms with E-state index in [2.05, 4.69) is 25.7 Å². The molecule has 2 amide bonds. The van der Waals surface area contributed by atoms with Crippen LogP contribution in [0.5, 0.6) is 5.75 Å². The lowest BCUT2D eigenvalue weighted by atomic mass is 9.97. The van der Waals surface area contributed by atoms with Gasteiger partial charge in [-0.1, -0.05) is 11.6 Å². The minimum atomic E-state index is -5.44. The van der Waals surface area contributed by atoms with E-state index in [1.807, 2.05) is 0 Å². The Morgan fingerprint density at radius 3 is 2.39 bits per heavy atom. The maximum absolute atomic E-state index is 14.4. The van der Waals surface area contributed by atoms with Crippen LogP contribution in [0, 0.1) is 11.7 Å². The normalized spacial score (nSPS) is 14.5. The molecule has 0 aliphatic carbocycles. The maximum Gasteiger partial charge on any atom is 0.491 e. The van der Waals surface area contributed by atoms with Gasteiger partial charge in [-0.15, -0.1) is 0 Å². The molecule has 33 heavy (non-hydrogen) atoms. The first-order valence-corrected chi connectivity index (χ1v) is 10.00. The summed E-state index contributed by atoms with van der Waals surface area (Å²) in [7, 11) is 0. The summed E-state index contributed by atoms with van der Waals surface area (Å²) in [4.78, 5) is 40.7. The van der Waals surface area contributed by atoms with Crippen molar-refractivity contribution in [2.24, 2.45) is 5.92 Å². The molecule has 2 aromatic rings. The summed E-state index contributed by atoms with van der Waals surface area (Å²) in [6.45, 7) is 1.04. The van der Waals surface area contributed by atoms with Crippen LogP contribution >= 0.6 is 11.6 Å². The molecule has 13 heteroatoms. The molecule has 176 valence electrons. The van der Waals surface area contributed by atoms with Gasteiger partial charge in [-0.3, -0.25) is 9.59 Å². The summed E-state index contributed by atoms with van der Waals surface area (Å²) in [6, 6.07) is 4.35. The molecule has 1 aromatic heterocycles. The lowest BCUT2D eigenvalue weighted by Crippen LogP contribution is -2.35. The molecule has 0 radical (unpaired) electrons. The number of carbonyl (C=O) groups excluding carboxylic acids is 3. The minimum absolute atomic E-state index is 0.0261. The predicted molar refractivity (Wildman–Crippen MR) is 110 cm³/mol. The summed E-state index contributed by atoms with van der Waals surface area (Å²) in [5, 5.41) is 7.95. The number of pyridine rings is 1. The van der Waals surface area contributed by atoms with E-state index in [4.69, 9.17) is 11.6 Å². The largest absolute Gasteiger partial charge is 0.491 e. The van der Waals surface area contributed by atoms with Crippen LogP contribution in [0.2, 0.25) is 5.02 Å². The van der Waals surface area contributed by atoms with E-state index < -0.39 is 52.7 Å². The van der Waals surface area contributed by atoms with Crippen LogP contribution in [0.3, 0.4) is 0 Å². The quantitative estimate of drug-likeness (QED) is 0.337. The fourth-order valence-electron chi connectivity index (χ4n) is 3.06. The Morgan fingerprint density at radius 1 is 1.09 bits per heavy atom. The van der Waals surface area contributed by atoms with Crippen molar-refractivity contribution in [2.45, 2.75) is 19.0 Å². The lowest BCUT2D eigenvalue weighted by Gasteiger charge is -2.23. The number of piperidine rings is 1. The van der Waals surface area contributed by atoms with Gasteiger partial charge >= 0.3 is 12.1 Å². The Kier molecular flexibility index (Phi) is 7.49. The number of ether oxygens (including phenoxy) is 1. The number of nitrogens with zero attached hydrogens (tertiary/aromatic N) is 1. The molecular weight excluding hydrogens is 472 g/mol. The number of hydrogen-bond donors (Lipinski definition) is 3. The van der Waals surface area contributed by atoms with Crippen LogP contribution in [0.25, 0.3) is 0 Å². The number of halogens is 5. The van der Waals surface area contributed by atoms with Crippen LogP contribution in [-0.4, -0.2) is 42.0 Å². The predicted octanol–water partition coefficient (Wildman–Crippen LogP) is 3.53. The van der Waals surface area contributed by atoms with Crippen LogP contribution in [0.1, 0.15) is 23.2 Å². The van der Waals surface area contributed by atoms with Crippen molar-refractivity contribution in [3.63, 3.8) is 0 Å². The molecule has 2 heterocycles. The topological polar surface area (TPSA) is 109 Å². The fraction of sp³-hybridized carbons (Fsp3) is 0.300. The van der Waals surface area contributed by atoms with Crippen molar-refractivity contribution in [3.8, 4) is 5.75 Å². The van der Waals surface area contributed by atoms with E-state index in [0.717, 1.165) is 6.07 Å². The number of nitrogens with one attached hydrogen (secondary N) is 3. The highest BCUT2D eigenvalue weighted by Crippen LogP contribution is 2.35. The zero-order valence-corrected chi connectivity index (χ0v) is 17.5. The molecule has 0 bridgehead atoms. The standard InChI is InChI=1S/C20H17ClF4N4O4/c21-11-1-4-14(27-9-11)28-18(31)12-2-3-13(22)16(33-19(32)20(23,24)25)15(12)29-17(30)10-5-7-26-8-6-10/h1-4,9-10,26H,5-8H2,(H,29,30)(H,27,28,31). The summed E-state index contributed by atoms with van der Waals surface area (Å²) < 4.78 is 56.9. The van der Waals surface area contributed by atoms with Gasteiger partial charge in [0.1, 0.15) is 11.5 Å². The second kappa shape index (κ2) is 10.1. The molecule has 1 aliphatic heterocycles. The third kappa shape index (κ3) is 6.17. The molecule has 8 nitrogen and oxygen atoms in total. The Bertz CT molecular complexity index is 1060. The summed E-state index contributed by atoms with van der Waals surface area (Å²) >= 11 is 5.74. The van der Waals surface area contributed by atoms with Crippen molar-refractivity contribution < 1.29 is 36.7 Å². The molecule has 1 aromatic carbocycles. The van der Waals surface area contributed by atoms with E-state index in [1.54, 1.807) is 0 Å². The number of aromatic nitrogens is 1. The van der Waals surface area contributed by atoms with E-state index in [0.29, 0.717) is 32.0 Å². The van der Waals surface area contributed by atoms with Gasteiger partial charge < -0.3 is 20.7 Å². The first kappa shape index (κ1) is 24.4. The van der Waals surface area contributed by atoms with E-state index in [-0.39, 0.29) is 10.8 Å². The maximum atomic E-state index is 14.4. The number of anilines is 2. The molecule has 0 unspecified atom stereocenters. The average Bonchev–Trinajstić information content (AvgIpc) is 2.77. The zero-order valence-electron chi connectivity index (χ0n) is 16.8. The van der Waals surface area contributed by atoms with Gasteiger partial charge in [0.05, 0.1) is 10.6 Å². The third-order valence-corrected chi connectivity index (χ3v) is 4.93. The lowest BCUT2D eigenvalue weighted by molar-refractivity contribution is -0.189. The summed E-state index contributed by atoms with van der Waals surface area (Å²) in [6.07, 6.45) is -3.38.